The summed E-state index contributed by atoms with van der Waals surface area (Å²) >= 11 is 0. The van der Waals surface area contributed by atoms with Gasteiger partial charge in [-0.25, -0.2) is 4.39 Å². The van der Waals surface area contributed by atoms with Gasteiger partial charge in [0.15, 0.2) is 0 Å². The highest BCUT2D eigenvalue weighted by atomic mass is 19.1. The summed E-state index contributed by atoms with van der Waals surface area (Å²) in [4.78, 5) is 0. The van der Waals surface area contributed by atoms with Gasteiger partial charge in [-0.1, -0.05) is 12.1 Å². The number of benzene rings is 1. The Balaban J connectivity index is 2.61. The van der Waals surface area contributed by atoms with Gasteiger partial charge < -0.3 is 15.8 Å². The van der Waals surface area contributed by atoms with Crippen LogP contribution in [0.2, 0.25) is 0 Å². The molecule has 3 nitrogen and oxygen atoms in total. The lowest BCUT2D eigenvalue weighted by atomic mass is 9.93. The van der Waals surface area contributed by atoms with Gasteiger partial charge in [-0.05, 0) is 31.0 Å². The fourth-order valence-electron chi connectivity index (χ4n) is 1.76. The molecule has 0 aromatic heterocycles. The average Bonchev–Trinajstić information content (AvgIpc) is 2.29. The van der Waals surface area contributed by atoms with Gasteiger partial charge in [0.05, 0.1) is 6.61 Å². The Labute approximate surface area is 102 Å². The first-order chi connectivity index (χ1) is 8.09. The van der Waals surface area contributed by atoms with E-state index in [0.29, 0.717) is 19.6 Å². The van der Waals surface area contributed by atoms with Crippen LogP contribution in [-0.4, -0.2) is 32.3 Å². The molecule has 96 valence electrons. The first kappa shape index (κ1) is 14.1. The quantitative estimate of drug-likeness (QED) is 0.707. The van der Waals surface area contributed by atoms with E-state index in [-0.39, 0.29) is 11.4 Å². The number of rotatable bonds is 7. The summed E-state index contributed by atoms with van der Waals surface area (Å²) in [7, 11) is 1.66. The highest BCUT2D eigenvalue weighted by Crippen LogP contribution is 2.13. The van der Waals surface area contributed by atoms with Crippen LogP contribution in [0.25, 0.3) is 0 Å². The molecule has 1 aromatic carbocycles. The molecule has 0 aliphatic rings. The lowest BCUT2D eigenvalue weighted by Gasteiger charge is -2.29. The molecule has 0 amide bonds. The van der Waals surface area contributed by atoms with Crippen molar-refractivity contribution in [1.29, 1.82) is 0 Å². The number of methoxy groups -OCH3 is 1. The van der Waals surface area contributed by atoms with Crippen LogP contribution in [0.1, 0.15) is 12.5 Å². The summed E-state index contributed by atoms with van der Waals surface area (Å²) in [6.07, 6.45) is 0.699. The van der Waals surface area contributed by atoms with Crippen LogP contribution in [0.4, 0.5) is 4.39 Å². The fourth-order valence-corrected chi connectivity index (χ4v) is 1.76. The van der Waals surface area contributed by atoms with E-state index >= 15 is 0 Å². The molecule has 1 unspecified atom stereocenters. The molecule has 0 saturated carbocycles. The van der Waals surface area contributed by atoms with Gasteiger partial charge in [0.25, 0.3) is 0 Å². The standard InChI is InChI=1S/C13H21FN2O/c1-13(10-15,16-6-7-17-2)9-11-4-3-5-12(14)8-11/h3-5,8,16H,6-7,9-10,15H2,1-2H3. The second-order valence-corrected chi connectivity index (χ2v) is 4.49. The van der Waals surface area contributed by atoms with Crippen LogP contribution < -0.4 is 11.1 Å². The first-order valence-electron chi connectivity index (χ1n) is 5.78. The van der Waals surface area contributed by atoms with Gasteiger partial charge in [0, 0.05) is 25.7 Å². The summed E-state index contributed by atoms with van der Waals surface area (Å²) in [5.74, 6) is -0.209. The zero-order valence-electron chi connectivity index (χ0n) is 10.5. The third-order valence-electron chi connectivity index (χ3n) is 2.79. The van der Waals surface area contributed by atoms with E-state index in [1.54, 1.807) is 19.2 Å². The number of hydrogen-bond acceptors (Lipinski definition) is 3. The Morgan fingerprint density at radius 1 is 1.47 bits per heavy atom. The van der Waals surface area contributed by atoms with Crippen molar-refractivity contribution in [3.05, 3.63) is 35.6 Å². The van der Waals surface area contributed by atoms with Crippen LogP contribution >= 0.6 is 0 Å². The van der Waals surface area contributed by atoms with Gasteiger partial charge >= 0.3 is 0 Å². The Morgan fingerprint density at radius 2 is 2.24 bits per heavy atom. The lowest BCUT2D eigenvalue weighted by molar-refractivity contribution is 0.186. The Morgan fingerprint density at radius 3 is 2.82 bits per heavy atom. The molecule has 17 heavy (non-hydrogen) atoms. The lowest BCUT2D eigenvalue weighted by Crippen LogP contribution is -2.51. The molecule has 0 aliphatic heterocycles. The zero-order chi connectivity index (χ0) is 12.7. The van der Waals surface area contributed by atoms with Gasteiger partial charge in [0.1, 0.15) is 5.82 Å². The van der Waals surface area contributed by atoms with Crippen LogP contribution in [0, 0.1) is 5.82 Å². The minimum absolute atomic E-state index is 0.209. The molecule has 4 heteroatoms. The Kier molecular flexibility index (Phi) is 5.55. The maximum Gasteiger partial charge on any atom is 0.123 e. The number of nitrogens with two attached hydrogens (primary N) is 1. The summed E-state index contributed by atoms with van der Waals surface area (Å²) in [5.41, 5.74) is 6.50. The number of nitrogens with one attached hydrogen (secondary N) is 1. The van der Waals surface area contributed by atoms with E-state index in [0.717, 1.165) is 12.1 Å². The molecule has 0 aliphatic carbocycles. The second-order valence-electron chi connectivity index (χ2n) is 4.49. The van der Waals surface area contributed by atoms with E-state index in [2.05, 4.69) is 5.32 Å². The normalized spacial score (nSPS) is 14.6. The highest BCUT2D eigenvalue weighted by molar-refractivity contribution is 5.19. The van der Waals surface area contributed by atoms with E-state index in [9.17, 15) is 4.39 Å². The molecule has 1 rings (SSSR count). The van der Waals surface area contributed by atoms with Gasteiger partial charge in [-0.15, -0.1) is 0 Å². The topological polar surface area (TPSA) is 47.3 Å². The third-order valence-corrected chi connectivity index (χ3v) is 2.79. The minimum atomic E-state index is -0.230. The fraction of sp³-hybridized carbons (Fsp3) is 0.538. The number of halogens is 1. The molecule has 0 radical (unpaired) electrons. The van der Waals surface area contributed by atoms with Gasteiger partial charge in [-0.3, -0.25) is 0 Å². The molecular weight excluding hydrogens is 219 g/mol. The summed E-state index contributed by atoms with van der Waals surface area (Å²) in [5, 5.41) is 3.34. The SMILES string of the molecule is COCCNC(C)(CN)Cc1cccc(F)c1. The second kappa shape index (κ2) is 6.69. The average molecular weight is 240 g/mol. The van der Waals surface area contributed by atoms with E-state index in [4.69, 9.17) is 10.5 Å². The molecule has 1 atom stereocenters. The van der Waals surface area contributed by atoms with Crippen molar-refractivity contribution in [2.45, 2.75) is 18.9 Å². The molecule has 1 aromatic rings. The van der Waals surface area contributed by atoms with Crippen molar-refractivity contribution in [2.75, 3.05) is 26.8 Å². The highest BCUT2D eigenvalue weighted by Gasteiger charge is 2.22. The zero-order valence-corrected chi connectivity index (χ0v) is 10.5. The Bertz CT molecular complexity index is 346. The van der Waals surface area contributed by atoms with Crippen LogP contribution in [-0.2, 0) is 11.2 Å². The monoisotopic (exact) mass is 240 g/mol. The van der Waals surface area contributed by atoms with Crippen LogP contribution in [0.3, 0.4) is 0 Å². The van der Waals surface area contributed by atoms with Gasteiger partial charge in [0.2, 0.25) is 0 Å². The Hall–Kier alpha value is -0.970. The molecule has 0 fully saturated rings. The van der Waals surface area contributed by atoms with Crippen molar-refractivity contribution >= 4 is 0 Å². The van der Waals surface area contributed by atoms with Crippen LogP contribution in [0.15, 0.2) is 24.3 Å². The van der Waals surface area contributed by atoms with E-state index < -0.39 is 0 Å². The van der Waals surface area contributed by atoms with Crippen LogP contribution in [0.5, 0.6) is 0 Å². The molecule has 0 saturated heterocycles. The largest absolute Gasteiger partial charge is 0.383 e. The predicted molar refractivity (Wildman–Crippen MR) is 67.4 cm³/mol. The van der Waals surface area contributed by atoms with Gasteiger partial charge in [-0.2, -0.15) is 0 Å². The predicted octanol–water partition coefficient (Wildman–Crippen LogP) is 1.32. The summed E-state index contributed by atoms with van der Waals surface area (Å²) < 4.78 is 18.1. The smallest absolute Gasteiger partial charge is 0.123 e. The van der Waals surface area contributed by atoms with Crippen molar-refractivity contribution < 1.29 is 9.13 Å². The van der Waals surface area contributed by atoms with Crippen molar-refractivity contribution in [2.24, 2.45) is 5.73 Å². The van der Waals surface area contributed by atoms with Crippen molar-refractivity contribution in [1.82, 2.24) is 5.32 Å². The van der Waals surface area contributed by atoms with E-state index in [1.807, 2.05) is 13.0 Å². The summed E-state index contributed by atoms with van der Waals surface area (Å²) in [6.45, 7) is 3.90. The van der Waals surface area contributed by atoms with Crippen molar-refractivity contribution in [3.8, 4) is 0 Å². The third kappa shape index (κ3) is 4.81. The number of hydrogen-bond donors (Lipinski definition) is 2. The van der Waals surface area contributed by atoms with Crippen molar-refractivity contribution in [3.63, 3.8) is 0 Å². The number of ether oxygens (including phenoxy) is 1. The van der Waals surface area contributed by atoms with E-state index in [1.165, 1.54) is 6.07 Å². The first-order valence-corrected chi connectivity index (χ1v) is 5.78. The maximum absolute atomic E-state index is 13.1. The molecular formula is C13H21FN2O. The maximum atomic E-state index is 13.1. The molecule has 3 N–H and O–H groups in total. The molecule has 0 bridgehead atoms. The summed E-state index contributed by atoms with van der Waals surface area (Å²) in [6, 6.07) is 6.62. The minimum Gasteiger partial charge on any atom is -0.383 e. The molecule has 0 heterocycles. The molecule has 0 spiro atoms.